The first-order chi connectivity index (χ1) is 9.36. The molecule has 1 N–H and O–H groups in total. The second-order valence-corrected chi connectivity index (χ2v) is 7.54. The molecule has 0 amide bonds. The molecule has 0 aromatic carbocycles. The number of nitrogens with one attached hydrogen (secondary N) is 1. The molecular formula is C14H24N2O3S. The van der Waals surface area contributed by atoms with Crippen molar-refractivity contribution in [3.63, 3.8) is 0 Å². The third-order valence-electron chi connectivity index (χ3n) is 3.79. The zero-order valence-electron chi connectivity index (χ0n) is 12.6. The fourth-order valence-corrected chi connectivity index (χ4v) is 4.79. The minimum absolute atomic E-state index is 0.0570. The lowest BCUT2D eigenvalue weighted by Gasteiger charge is -2.20. The van der Waals surface area contributed by atoms with Crippen molar-refractivity contribution in [3.05, 3.63) is 17.6 Å². The molecule has 1 aromatic heterocycles. The lowest BCUT2D eigenvalue weighted by Crippen LogP contribution is -2.34. The Morgan fingerprint density at radius 2 is 2.15 bits per heavy atom. The molecule has 1 fully saturated rings. The molecule has 2 rings (SSSR count). The zero-order chi connectivity index (χ0) is 14.9. The van der Waals surface area contributed by atoms with Gasteiger partial charge in [0.05, 0.1) is 6.54 Å². The first-order valence-electron chi connectivity index (χ1n) is 7.18. The minimum Gasteiger partial charge on any atom is -0.464 e. The van der Waals surface area contributed by atoms with Crippen LogP contribution in [0.15, 0.2) is 15.4 Å². The molecule has 2 atom stereocenters. The highest BCUT2D eigenvalue weighted by molar-refractivity contribution is 7.89. The molecule has 0 radical (unpaired) electrons. The van der Waals surface area contributed by atoms with Crippen molar-refractivity contribution in [2.75, 3.05) is 13.1 Å². The van der Waals surface area contributed by atoms with Gasteiger partial charge in [0.1, 0.15) is 16.4 Å². The second kappa shape index (κ2) is 5.87. The van der Waals surface area contributed by atoms with E-state index < -0.39 is 10.0 Å². The molecule has 1 aliphatic rings. The van der Waals surface area contributed by atoms with Crippen LogP contribution in [-0.2, 0) is 16.6 Å². The second-order valence-electron chi connectivity index (χ2n) is 5.68. The summed E-state index contributed by atoms with van der Waals surface area (Å²) < 4.78 is 32.6. The Labute approximate surface area is 121 Å². The fourth-order valence-electron chi connectivity index (χ4n) is 2.84. The predicted molar refractivity (Wildman–Crippen MR) is 78.0 cm³/mol. The van der Waals surface area contributed by atoms with Gasteiger partial charge in [-0.3, -0.25) is 0 Å². The maximum absolute atomic E-state index is 12.7. The van der Waals surface area contributed by atoms with Gasteiger partial charge < -0.3 is 9.73 Å². The number of nitrogens with zero attached hydrogens (tertiary/aromatic N) is 1. The maximum atomic E-state index is 12.7. The zero-order valence-corrected chi connectivity index (χ0v) is 13.5. The lowest BCUT2D eigenvalue weighted by molar-refractivity contribution is 0.403. The quantitative estimate of drug-likeness (QED) is 0.904. The third kappa shape index (κ3) is 2.92. The van der Waals surface area contributed by atoms with Gasteiger partial charge >= 0.3 is 0 Å². The average Bonchev–Trinajstić information content (AvgIpc) is 2.90. The van der Waals surface area contributed by atoms with Gasteiger partial charge in [-0.05, 0) is 32.7 Å². The van der Waals surface area contributed by atoms with E-state index in [1.165, 1.54) is 0 Å². The van der Waals surface area contributed by atoms with E-state index in [9.17, 15) is 8.42 Å². The van der Waals surface area contributed by atoms with Crippen molar-refractivity contribution in [1.82, 2.24) is 9.62 Å². The van der Waals surface area contributed by atoms with Gasteiger partial charge in [-0.2, -0.15) is 4.31 Å². The van der Waals surface area contributed by atoms with Crippen LogP contribution in [0.2, 0.25) is 0 Å². The van der Waals surface area contributed by atoms with Crippen molar-refractivity contribution < 1.29 is 12.8 Å². The summed E-state index contributed by atoms with van der Waals surface area (Å²) in [6.45, 7) is 9.74. The van der Waals surface area contributed by atoms with Gasteiger partial charge in [-0.1, -0.05) is 13.8 Å². The molecular weight excluding hydrogens is 276 g/mol. The number of hydrogen-bond donors (Lipinski definition) is 1. The molecule has 0 saturated carbocycles. The van der Waals surface area contributed by atoms with Crippen LogP contribution in [-0.4, -0.2) is 31.9 Å². The molecule has 0 bridgehead atoms. The van der Waals surface area contributed by atoms with E-state index in [2.05, 4.69) is 12.2 Å². The van der Waals surface area contributed by atoms with Crippen LogP contribution in [0.5, 0.6) is 0 Å². The first-order valence-corrected chi connectivity index (χ1v) is 8.62. The summed E-state index contributed by atoms with van der Waals surface area (Å²) in [4.78, 5) is 0.311. The molecule has 6 heteroatoms. The summed E-state index contributed by atoms with van der Waals surface area (Å²) in [6.07, 6.45) is 0.917. The molecule has 0 spiro atoms. The smallest absolute Gasteiger partial charge is 0.246 e. The SMILES string of the molecule is CCNCc1cc(S(=O)(=O)N2CC(C)CC2C)c(C)o1. The monoisotopic (exact) mass is 300 g/mol. The molecule has 2 heterocycles. The third-order valence-corrected chi connectivity index (χ3v) is 5.87. The highest BCUT2D eigenvalue weighted by atomic mass is 32.2. The fraction of sp³-hybridized carbons (Fsp3) is 0.714. The maximum Gasteiger partial charge on any atom is 0.246 e. The molecule has 1 saturated heterocycles. The van der Waals surface area contributed by atoms with Gasteiger partial charge in [0, 0.05) is 18.7 Å². The van der Waals surface area contributed by atoms with E-state index in [0.717, 1.165) is 13.0 Å². The first kappa shape index (κ1) is 15.5. The van der Waals surface area contributed by atoms with Crippen molar-refractivity contribution in [1.29, 1.82) is 0 Å². The molecule has 114 valence electrons. The number of hydrogen-bond acceptors (Lipinski definition) is 4. The topological polar surface area (TPSA) is 62.6 Å². The van der Waals surface area contributed by atoms with Gasteiger partial charge in [0.2, 0.25) is 10.0 Å². The normalized spacial score (nSPS) is 24.4. The van der Waals surface area contributed by atoms with Crippen LogP contribution in [0.25, 0.3) is 0 Å². The van der Waals surface area contributed by atoms with Crippen molar-refractivity contribution in [2.45, 2.75) is 51.6 Å². The van der Waals surface area contributed by atoms with Crippen molar-refractivity contribution in [2.24, 2.45) is 5.92 Å². The summed E-state index contributed by atoms with van der Waals surface area (Å²) in [5, 5.41) is 3.14. The number of furan rings is 1. The Balaban J connectivity index is 2.28. The van der Waals surface area contributed by atoms with E-state index in [1.54, 1.807) is 17.3 Å². The Hall–Kier alpha value is -0.850. The van der Waals surface area contributed by atoms with Gasteiger partial charge in [-0.15, -0.1) is 0 Å². The largest absolute Gasteiger partial charge is 0.464 e. The van der Waals surface area contributed by atoms with Crippen LogP contribution in [0, 0.1) is 12.8 Å². The van der Waals surface area contributed by atoms with E-state index in [0.29, 0.717) is 35.4 Å². The summed E-state index contributed by atoms with van der Waals surface area (Å²) in [5.41, 5.74) is 0. The molecule has 20 heavy (non-hydrogen) atoms. The standard InChI is InChI=1S/C14H24N2O3S/c1-5-15-8-13-7-14(12(4)19-13)20(17,18)16-9-10(2)6-11(16)3/h7,10-11,15H,5-6,8-9H2,1-4H3. The molecule has 1 aromatic rings. The van der Waals surface area contributed by atoms with Crippen LogP contribution >= 0.6 is 0 Å². The summed E-state index contributed by atoms with van der Waals surface area (Å²) >= 11 is 0. The van der Waals surface area contributed by atoms with E-state index in [1.807, 2.05) is 13.8 Å². The number of sulfonamides is 1. The minimum atomic E-state index is -3.44. The Bertz CT molecular complexity index is 565. The highest BCUT2D eigenvalue weighted by Gasteiger charge is 2.37. The van der Waals surface area contributed by atoms with Gasteiger partial charge in [-0.25, -0.2) is 8.42 Å². The van der Waals surface area contributed by atoms with E-state index >= 15 is 0 Å². The average molecular weight is 300 g/mol. The molecule has 0 aliphatic carbocycles. The summed E-state index contributed by atoms with van der Waals surface area (Å²) in [7, 11) is -3.44. The van der Waals surface area contributed by atoms with Crippen molar-refractivity contribution >= 4 is 10.0 Å². The Morgan fingerprint density at radius 3 is 2.70 bits per heavy atom. The van der Waals surface area contributed by atoms with E-state index in [4.69, 9.17) is 4.42 Å². The summed E-state index contributed by atoms with van der Waals surface area (Å²) in [5.74, 6) is 1.56. The predicted octanol–water partition coefficient (Wildman–Crippen LogP) is 2.12. The molecule has 1 aliphatic heterocycles. The van der Waals surface area contributed by atoms with Crippen LogP contribution in [0.3, 0.4) is 0 Å². The highest BCUT2D eigenvalue weighted by Crippen LogP contribution is 2.31. The molecule has 2 unspecified atom stereocenters. The van der Waals surface area contributed by atoms with Crippen molar-refractivity contribution in [3.8, 4) is 0 Å². The van der Waals surface area contributed by atoms with E-state index in [-0.39, 0.29) is 6.04 Å². The molecule has 5 nitrogen and oxygen atoms in total. The van der Waals surface area contributed by atoms with Crippen LogP contribution < -0.4 is 5.32 Å². The Morgan fingerprint density at radius 1 is 1.45 bits per heavy atom. The van der Waals surface area contributed by atoms with Gasteiger partial charge in [0.25, 0.3) is 0 Å². The van der Waals surface area contributed by atoms with Gasteiger partial charge in [0.15, 0.2) is 0 Å². The van der Waals surface area contributed by atoms with Crippen LogP contribution in [0.4, 0.5) is 0 Å². The lowest BCUT2D eigenvalue weighted by atomic mass is 10.1. The number of rotatable bonds is 5. The Kier molecular flexibility index (Phi) is 4.56. The summed E-state index contributed by atoms with van der Waals surface area (Å²) in [6, 6.07) is 1.71. The van der Waals surface area contributed by atoms with Crippen LogP contribution in [0.1, 0.15) is 38.7 Å². The number of aryl methyl sites for hydroxylation is 1.